The number of rotatable bonds is 0. The Labute approximate surface area is 108 Å². The van der Waals surface area contributed by atoms with Crippen molar-refractivity contribution in [2.24, 2.45) is 7.05 Å². The third-order valence-electron chi connectivity index (χ3n) is 3.43. The predicted molar refractivity (Wildman–Crippen MR) is 79.0 cm³/mol. The van der Waals surface area contributed by atoms with Crippen molar-refractivity contribution in [1.82, 2.24) is 9.55 Å². The minimum Gasteiger partial charge on any atom is -0.328 e. The van der Waals surface area contributed by atoms with Crippen molar-refractivity contribution in [3.8, 4) is 0 Å². The molecule has 0 unspecified atom stereocenters. The van der Waals surface area contributed by atoms with E-state index in [1.165, 1.54) is 27.4 Å². The lowest BCUT2D eigenvalue weighted by Gasteiger charge is -2.04. The van der Waals surface area contributed by atoms with Gasteiger partial charge < -0.3 is 4.57 Å². The van der Waals surface area contributed by atoms with Crippen LogP contribution in [0.1, 0.15) is 25.0 Å². The van der Waals surface area contributed by atoms with Gasteiger partial charge in [0, 0.05) is 24.0 Å². The number of fused-ring (bicyclic) bond motifs is 3. The standard InChI is InChI=1S/C14H14N2.C2H6/c1-9-6-7-11-12-5-4-8-15-14(12)16(3)13(11)10(9)2;1-2/h4-8H,1-3H3;1-2H3. The van der Waals surface area contributed by atoms with Crippen LogP contribution in [0, 0.1) is 13.8 Å². The third kappa shape index (κ3) is 1.69. The molecule has 2 heterocycles. The van der Waals surface area contributed by atoms with Gasteiger partial charge in [0.25, 0.3) is 0 Å². The minimum atomic E-state index is 1.06. The van der Waals surface area contributed by atoms with Crippen molar-refractivity contribution in [2.45, 2.75) is 27.7 Å². The Hall–Kier alpha value is -1.83. The molecule has 0 saturated carbocycles. The monoisotopic (exact) mass is 240 g/mol. The lowest BCUT2D eigenvalue weighted by Crippen LogP contribution is -1.92. The molecule has 0 atom stereocenters. The number of aromatic nitrogens is 2. The molecule has 94 valence electrons. The van der Waals surface area contributed by atoms with Gasteiger partial charge in [-0.1, -0.05) is 26.0 Å². The minimum absolute atomic E-state index is 1.06. The summed E-state index contributed by atoms with van der Waals surface area (Å²) in [4.78, 5) is 4.45. The van der Waals surface area contributed by atoms with Crippen LogP contribution in [-0.4, -0.2) is 9.55 Å². The average Bonchev–Trinajstić information content (AvgIpc) is 2.71. The lowest BCUT2D eigenvalue weighted by atomic mass is 10.1. The normalized spacial score (nSPS) is 10.5. The molecule has 0 aliphatic rings. The molecule has 3 aromatic rings. The first-order valence-electron chi connectivity index (χ1n) is 6.49. The van der Waals surface area contributed by atoms with Gasteiger partial charge in [-0.2, -0.15) is 0 Å². The Morgan fingerprint density at radius 1 is 1.00 bits per heavy atom. The maximum Gasteiger partial charge on any atom is 0.140 e. The summed E-state index contributed by atoms with van der Waals surface area (Å²) in [5.74, 6) is 0. The van der Waals surface area contributed by atoms with Crippen molar-refractivity contribution in [2.75, 3.05) is 0 Å². The van der Waals surface area contributed by atoms with Crippen molar-refractivity contribution < 1.29 is 0 Å². The number of nitrogens with zero attached hydrogens (tertiary/aromatic N) is 2. The van der Waals surface area contributed by atoms with E-state index in [2.05, 4.69) is 48.6 Å². The predicted octanol–water partition coefficient (Wildman–Crippen LogP) is 4.37. The van der Waals surface area contributed by atoms with Gasteiger partial charge in [-0.15, -0.1) is 0 Å². The fourth-order valence-electron chi connectivity index (χ4n) is 2.43. The molecule has 0 saturated heterocycles. The zero-order valence-electron chi connectivity index (χ0n) is 11.8. The van der Waals surface area contributed by atoms with Gasteiger partial charge in [0.05, 0.1) is 5.52 Å². The van der Waals surface area contributed by atoms with Gasteiger partial charge >= 0.3 is 0 Å². The van der Waals surface area contributed by atoms with Crippen molar-refractivity contribution >= 4 is 21.9 Å². The molecule has 2 heteroatoms. The van der Waals surface area contributed by atoms with E-state index in [1.54, 1.807) is 0 Å². The van der Waals surface area contributed by atoms with Crippen molar-refractivity contribution in [1.29, 1.82) is 0 Å². The van der Waals surface area contributed by atoms with Gasteiger partial charge in [0.1, 0.15) is 5.65 Å². The highest BCUT2D eigenvalue weighted by Crippen LogP contribution is 2.29. The highest BCUT2D eigenvalue weighted by Gasteiger charge is 2.11. The topological polar surface area (TPSA) is 17.8 Å². The second kappa shape index (κ2) is 4.81. The summed E-state index contributed by atoms with van der Waals surface area (Å²) in [5.41, 5.74) is 5.04. The Kier molecular flexibility index (Phi) is 3.37. The maximum atomic E-state index is 4.45. The van der Waals surface area contributed by atoms with Crippen LogP contribution in [0.2, 0.25) is 0 Å². The summed E-state index contributed by atoms with van der Waals surface area (Å²) in [6.45, 7) is 8.33. The van der Waals surface area contributed by atoms with Gasteiger partial charge in [-0.05, 0) is 37.1 Å². The van der Waals surface area contributed by atoms with Gasteiger partial charge in [-0.3, -0.25) is 0 Å². The smallest absolute Gasteiger partial charge is 0.140 e. The van der Waals surface area contributed by atoms with Crippen LogP contribution in [0.25, 0.3) is 21.9 Å². The Bertz CT molecular complexity index is 693. The fraction of sp³-hybridized carbons (Fsp3) is 0.312. The molecule has 0 N–H and O–H groups in total. The largest absolute Gasteiger partial charge is 0.328 e. The molecule has 0 aliphatic heterocycles. The molecule has 0 spiro atoms. The first kappa shape index (κ1) is 12.6. The van der Waals surface area contributed by atoms with E-state index in [4.69, 9.17) is 0 Å². The molecule has 1 aromatic carbocycles. The first-order valence-corrected chi connectivity index (χ1v) is 6.49. The summed E-state index contributed by atoms with van der Waals surface area (Å²) in [5, 5.41) is 2.54. The molecular weight excluding hydrogens is 220 g/mol. The quantitative estimate of drug-likeness (QED) is 0.570. The van der Waals surface area contributed by atoms with E-state index in [-0.39, 0.29) is 0 Å². The third-order valence-corrected chi connectivity index (χ3v) is 3.43. The van der Waals surface area contributed by atoms with E-state index < -0.39 is 0 Å². The van der Waals surface area contributed by atoms with Crippen molar-refractivity contribution in [3.05, 3.63) is 41.6 Å². The van der Waals surface area contributed by atoms with Crippen LogP contribution in [0.15, 0.2) is 30.5 Å². The van der Waals surface area contributed by atoms with Crippen LogP contribution in [0.4, 0.5) is 0 Å². The Morgan fingerprint density at radius 2 is 1.72 bits per heavy atom. The highest BCUT2D eigenvalue weighted by molar-refractivity contribution is 6.07. The van der Waals surface area contributed by atoms with Crippen LogP contribution < -0.4 is 0 Å². The van der Waals surface area contributed by atoms with E-state index in [1.807, 2.05) is 26.1 Å². The van der Waals surface area contributed by atoms with Gasteiger partial charge in [-0.25, -0.2) is 4.98 Å². The summed E-state index contributed by atoms with van der Waals surface area (Å²) >= 11 is 0. The lowest BCUT2D eigenvalue weighted by molar-refractivity contribution is 0.983. The number of pyridine rings is 1. The number of benzene rings is 1. The molecule has 3 rings (SSSR count). The van der Waals surface area contributed by atoms with E-state index >= 15 is 0 Å². The molecule has 0 radical (unpaired) electrons. The van der Waals surface area contributed by atoms with Crippen LogP contribution >= 0.6 is 0 Å². The summed E-state index contributed by atoms with van der Waals surface area (Å²) in [7, 11) is 2.09. The van der Waals surface area contributed by atoms with Crippen LogP contribution in [0.3, 0.4) is 0 Å². The zero-order chi connectivity index (χ0) is 13.3. The molecule has 0 aliphatic carbocycles. The summed E-state index contributed by atoms with van der Waals surface area (Å²) in [6.07, 6.45) is 1.85. The average molecular weight is 240 g/mol. The molecule has 2 nitrogen and oxygen atoms in total. The van der Waals surface area contributed by atoms with Crippen molar-refractivity contribution in [3.63, 3.8) is 0 Å². The highest BCUT2D eigenvalue weighted by atomic mass is 15.0. The van der Waals surface area contributed by atoms with E-state index in [0.717, 1.165) is 5.65 Å². The fourth-order valence-corrected chi connectivity index (χ4v) is 2.43. The molecule has 0 amide bonds. The Morgan fingerprint density at radius 3 is 2.44 bits per heavy atom. The number of hydrogen-bond donors (Lipinski definition) is 0. The van der Waals surface area contributed by atoms with E-state index in [0.29, 0.717) is 0 Å². The SMILES string of the molecule is CC.Cc1ccc2c3cccnc3n(C)c2c1C. The number of hydrogen-bond acceptors (Lipinski definition) is 1. The van der Waals surface area contributed by atoms with E-state index in [9.17, 15) is 0 Å². The van der Waals surface area contributed by atoms with Crippen LogP contribution in [-0.2, 0) is 7.05 Å². The summed E-state index contributed by atoms with van der Waals surface area (Å²) in [6, 6.07) is 8.52. The zero-order valence-corrected chi connectivity index (χ0v) is 11.8. The second-order valence-corrected chi connectivity index (χ2v) is 4.34. The number of aryl methyl sites for hydroxylation is 3. The van der Waals surface area contributed by atoms with Gasteiger partial charge in [0.15, 0.2) is 0 Å². The molecule has 0 fully saturated rings. The Balaban J connectivity index is 0.000000574. The van der Waals surface area contributed by atoms with Gasteiger partial charge in [0.2, 0.25) is 0 Å². The molecule has 2 aromatic heterocycles. The summed E-state index contributed by atoms with van der Waals surface area (Å²) < 4.78 is 2.19. The molecule has 0 bridgehead atoms. The molecular formula is C16H20N2. The molecule has 18 heavy (non-hydrogen) atoms. The maximum absolute atomic E-state index is 4.45. The first-order chi connectivity index (χ1) is 8.70. The van der Waals surface area contributed by atoms with Crippen LogP contribution in [0.5, 0.6) is 0 Å². The second-order valence-electron chi connectivity index (χ2n) is 4.34.